The first kappa shape index (κ1) is 16.8. The van der Waals surface area contributed by atoms with E-state index in [1.807, 2.05) is 0 Å². The van der Waals surface area contributed by atoms with Crippen LogP contribution in [0, 0.1) is 11.7 Å². The third kappa shape index (κ3) is 4.45. The Balaban J connectivity index is 1.97. The SMILES string of the molecule is CS(=O)(=O)N1CCCC(CNc2cc(Cl)c(F)c(Cl)c2)C1. The molecule has 1 atom stereocenters. The first-order valence-corrected chi connectivity index (χ1v) is 9.21. The van der Waals surface area contributed by atoms with Gasteiger partial charge in [-0.15, -0.1) is 0 Å². The van der Waals surface area contributed by atoms with Crippen LogP contribution in [0.5, 0.6) is 0 Å². The van der Waals surface area contributed by atoms with Crippen molar-refractivity contribution < 1.29 is 12.8 Å². The van der Waals surface area contributed by atoms with E-state index in [9.17, 15) is 12.8 Å². The van der Waals surface area contributed by atoms with Crippen LogP contribution in [0.25, 0.3) is 0 Å². The number of nitrogens with one attached hydrogen (secondary N) is 1. The molecule has 0 bridgehead atoms. The third-order valence-electron chi connectivity index (χ3n) is 3.53. The Hall–Kier alpha value is -0.560. The Morgan fingerprint density at radius 2 is 2.00 bits per heavy atom. The number of halogens is 3. The van der Waals surface area contributed by atoms with Gasteiger partial charge in [0.2, 0.25) is 10.0 Å². The highest BCUT2D eigenvalue weighted by Crippen LogP contribution is 2.28. The Labute approximate surface area is 134 Å². The largest absolute Gasteiger partial charge is 0.385 e. The Morgan fingerprint density at radius 3 is 2.57 bits per heavy atom. The Kier molecular flexibility index (Phi) is 5.35. The second kappa shape index (κ2) is 6.69. The smallest absolute Gasteiger partial charge is 0.211 e. The van der Waals surface area contributed by atoms with Crippen LogP contribution in [0.1, 0.15) is 12.8 Å². The standard InChI is InChI=1S/C13H17Cl2FN2O2S/c1-21(19,20)18-4-2-3-9(8-18)7-17-10-5-11(14)13(16)12(15)6-10/h5-6,9,17H,2-4,7-8H2,1H3. The molecular weight excluding hydrogens is 338 g/mol. The van der Waals surface area contributed by atoms with Crippen LogP contribution in [-0.2, 0) is 10.0 Å². The van der Waals surface area contributed by atoms with E-state index in [0.29, 0.717) is 25.3 Å². The lowest BCUT2D eigenvalue weighted by molar-refractivity contribution is 0.277. The van der Waals surface area contributed by atoms with Crippen molar-refractivity contribution in [2.24, 2.45) is 5.92 Å². The molecule has 0 aromatic heterocycles. The van der Waals surface area contributed by atoms with Crippen LogP contribution in [0.2, 0.25) is 10.0 Å². The Morgan fingerprint density at radius 1 is 1.38 bits per heavy atom. The zero-order valence-electron chi connectivity index (χ0n) is 11.6. The molecule has 0 spiro atoms. The third-order valence-corrected chi connectivity index (χ3v) is 5.35. The van der Waals surface area contributed by atoms with Crippen molar-refractivity contribution in [2.45, 2.75) is 12.8 Å². The number of anilines is 1. The molecule has 2 rings (SSSR count). The van der Waals surface area contributed by atoms with E-state index in [1.54, 1.807) is 0 Å². The minimum atomic E-state index is -3.15. The number of hydrogen-bond donors (Lipinski definition) is 1. The fourth-order valence-corrected chi connectivity index (χ4v) is 3.84. The van der Waals surface area contributed by atoms with Crippen LogP contribution in [-0.4, -0.2) is 38.6 Å². The van der Waals surface area contributed by atoms with E-state index in [1.165, 1.54) is 22.7 Å². The monoisotopic (exact) mass is 354 g/mol. The molecule has 1 fully saturated rings. The zero-order valence-corrected chi connectivity index (χ0v) is 13.9. The van der Waals surface area contributed by atoms with Crippen molar-refractivity contribution in [1.82, 2.24) is 4.31 Å². The maximum absolute atomic E-state index is 13.3. The van der Waals surface area contributed by atoms with Crippen molar-refractivity contribution in [3.8, 4) is 0 Å². The summed E-state index contributed by atoms with van der Waals surface area (Å²) in [5, 5.41) is 3.07. The molecule has 0 amide bonds. The molecule has 1 aromatic rings. The van der Waals surface area contributed by atoms with Gasteiger partial charge in [-0.25, -0.2) is 17.1 Å². The highest BCUT2D eigenvalue weighted by Gasteiger charge is 2.25. The molecule has 1 aromatic carbocycles. The van der Waals surface area contributed by atoms with Crippen molar-refractivity contribution >= 4 is 38.9 Å². The number of hydrogen-bond acceptors (Lipinski definition) is 3. The molecule has 0 aliphatic carbocycles. The number of benzene rings is 1. The van der Waals surface area contributed by atoms with Crippen molar-refractivity contribution in [3.63, 3.8) is 0 Å². The minimum absolute atomic E-state index is 0.0357. The summed E-state index contributed by atoms with van der Waals surface area (Å²) in [4.78, 5) is 0. The number of sulfonamides is 1. The summed E-state index contributed by atoms with van der Waals surface area (Å²) in [6, 6.07) is 2.94. The molecule has 1 saturated heterocycles. The van der Waals surface area contributed by atoms with Gasteiger partial charge in [-0.05, 0) is 30.9 Å². The Bertz CT molecular complexity index is 602. The molecule has 0 saturated carbocycles. The lowest BCUT2D eigenvalue weighted by Crippen LogP contribution is -2.41. The van der Waals surface area contributed by atoms with Gasteiger partial charge in [0.05, 0.1) is 16.3 Å². The summed E-state index contributed by atoms with van der Waals surface area (Å²) in [6.45, 7) is 1.66. The molecule has 8 heteroatoms. The van der Waals surface area contributed by atoms with Gasteiger partial charge in [0.1, 0.15) is 0 Å². The maximum atomic E-state index is 13.3. The topological polar surface area (TPSA) is 49.4 Å². The lowest BCUT2D eigenvalue weighted by Gasteiger charge is -2.31. The normalized spacial score (nSPS) is 20.5. The average molecular weight is 355 g/mol. The summed E-state index contributed by atoms with van der Waals surface area (Å²) in [5.74, 6) is -0.430. The molecule has 1 N–H and O–H groups in total. The maximum Gasteiger partial charge on any atom is 0.211 e. The van der Waals surface area contributed by atoms with Gasteiger partial charge in [-0.3, -0.25) is 0 Å². The van der Waals surface area contributed by atoms with E-state index in [0.717, 1.165) is 12.8 Å². The summed E-state index contributed by atoms with van der Waals surface area (Å²) >= 11 is 11.5. The highest BCUT2D eigenvalue weighted by atomic mass is 35.5. The second-order valence-electron chi connectivity index (χ2n) is 5.26. The summed E-state index contributed by atoms with van der Waals surface area (Å²) in [6.07, 6.45) is 3.01. The minimum Gasteiger partial charge on any atom is -0.385 e. The molecule has 0 radical (unpaired) electrons. The van der Waals surface area contributed by atoms with E-state index in [4.69, 9.17) is 23.2 Å². The molecule has 1 unspecified atom stereocenters. The van der Waals surface area contributed by atoms with E-state index < -0.39 is 15.8 Å². The number of nitrogens with zero attached hydrogens (tertiary/aromatic N) is 1. The molecule has 21 heavy (non-hydrogen) atoms. The van der Waals surface area contributed by atoms with Crippen LogP contribution < -0.4 is 5.32 Å². The van der Waals surface area contributed by atoms with E-state index in [-0.39, 0.29) is 16.0 Å². The van der Waals surface area contributed by atoms with Crippen LogP contribution in [0.4, 0.5) is 10.1 Å². The van der Waals surface area contributed by atoms with Gasteiger partial charge in [0, 0.05) is 25.3 Å². The highest BCUT2D eigenvalue weighted by molar-refractivity contribution is 7.88. The molecule has 1 aliphatic heterocycles. The number of piperidine rings is 1. The molecule has 118 valence electrons. The fourth-order valence-electron chi connectivity index (χ4n) is 2.41. The van der Waals surface area contributed by atoms with Crippen LogP contribution in [0.3, 0.4) is 0 Å². The first-order chi connectivity index (χ1) is 9.77. The van der Waals surface area contributed by atoms with Crippen molar-refractivity contribution in [2.75, 3.05) is 31.2 Å². The first-order valence-electron chi connectivity index (χ1n) is 6.61. The summed E-state index contributed by atoms with van der Waals surface area (Å²) in [5.41, 5.74) is 0.628. The van der Waals surface area contributed by atoms with Crippen LogP contribution in [0.15, 0.2) is 12.1 Å². The quantitative estimate of drug-likeness (QED) is 0.844. The van der Waals surface area contributed by atoms with E-state index in [2.05, 4.69) is 5.32 Å². The zero-order chi connectivity index (χ0) is 15.6. The summed E-state index contributed by atoms with van der Waals surface area (Å²) < 4.78 is 37.9. The molecule has 1 aliphatic rings. The van der Waals surface area contributed by atoms with Crippen LogP contribution >= 0.6 is 23.2 Å². The fraction of sp³-hybridized carbons (Fsp3) is 0.538. The predicted octanol–water partition coefficient (Wildman–Crippen LogP) is 3.22. The van der Waals surface area contributed by atoms with Gasteiger partial charge >= 0.3 is 0 Å². The molecular formula is C13H17Cl2FN2O2S. The summed E-state index contributed by atoms with van der Waals surface area (Å²) in [7, 11) is -3.15. The van der Waals surface area contributed by atoms with Gasteiger partial charge in [-0.1, -0.05) is 23.2 Å². The van der Waals surface area contributed by atoms with Gasteiger partial charge < -0.3 is 5.32 Å². The average Bonchev–Trinajstić information content (AvgIpc) is 2.42. The van der Waals surface area contributed by atoms with E-state index >= 15 is 0 Å². The van der Waals surface area contributed by atoms with Gasteiger partial charge in [0.15, 0.2) is 5.82 Å². The number of rotatable bonds is 4. The predicted molar refractivity (Wildman–Crippen MR) is 84.1 cm³/mol. The van der Waals surface area contributed by atoms with Crippen molar-refractivity contribution in [3.05, 3.63) is 28.0 Å². The molecule has 4 nitrogen and oxygen atoms in total. The van der Waals surface area contributed by atoms with Gasteiger partial charge in [-0.2, -0.15) is 0 Å². The van der Waals surface area contributed by atoms with Crippen molar-refractivity contribution in [1.29, 1.82) is 0 Å². The van der Waals surface area contributed by atoms with Gasteiger partial charge in [0.25, 0.3) is 0 Å². The molecule has 1 heterocycles. The second-order valence-corrected chi connectivity index (χ2v) is 8.06. The lowest BCUT2D eigenvalue weighted by atomic mass is 9.99.